The van der Waals surface area contributed by atoms with Crippen LogP contribution in [-0.2, 0) is 15.3 Å². The third-order valence-electron chi connectivity index (χ3n) is 2.43. The molecular weight excluding hydrogens is 251 g/mol. The molecule has 18 heavy (non-hydrogen) atoms. The van der Waals surface area contributed by atoms with Gasteiger partial charge in [0.25, 0.3) is 0 Å². The average molecular weight is 272 g/mol. The molecule has 102 valence electrons. The van der Waals surface area contributed by atoms with Gasteiger partial charge in [0.15, 0.2) is 0 Å². The number of hydrogen-bond acceptors (Lipinski definition) is 3. The summed E-state index contributed by atoms with van der Waals surface area (Å²) in [6.45, 7) is 4.64. The van der Waals surface area contributed by atoms with Crippen LogP contribution in [0.25, 0.3) is 0 Å². The minimum atomic E-state index is -3.56. The highest BCUT2D eigenvalue weighted by molar-refractivity contribution is 7.51. The van der Waals surface area contributed by atoms with Gasteiger partial charge in [0, 0.05) is 5.56 Å². The summed E-state index contributed by atoms with van der Waals surface area (Å²) in [5.41, 5.74) is 0.716. The smallest absolute Gasteiger partial charge is 0.332 e. The zero-order chi connectivity index (χ0) is 13.4. The number of para-hydroxylation sites is 1. The van der Waals surface area contributed by atoms with Crippen LogP contribution in [-0.4, -0.2) is 18.1 Å². The highest BCUT2D eigenvalue weighted by atomic mass is 31.2. The maximum Gasteiger partial charge on any atom is 0.332 e. The fraction of sp³-hybridized carbons (Fsp3) is 0.538. The molecular formula is C13H21O4P. The summed E-state index contributed by atoms with van der Waals surface area (Å²) in [7, 11) is -3.56. The molecule has 0 saturated heterocycles. The largest absolute Gasteiger partial charge is 0.493 e. The second kappa shape index (κ2) is 7.57. The van der Waals surface area contributed by atoms with Crippen molar-refractivity contribution in [3.8, 4) is 5.75 Å². The predicted molar refractivity (Wildman–Crippen MR) is 72.0 cm³/mol. The molecule has 1 N–H and O–H groups in total. The van der Waals surface area contributed by atoms with E-state index in [1.54, 1.807) is 13.0 Å². The van der Waals surface area contributed by atoms with E-state index < -0.39 is 7.60 Å². The molecule has 1 aromatic rings. The van der Waals surface area contributed by atoms with Crippen molar-refractivity contribution < 1.29 is 18.7 Å². The number of ether oxygens (including phenoxy) is 1. The third-order valence-corrected chi connectivity index (χ3v) is 3.83. The van der Waals surface area contributed by atoms with Crippen LogP contribution in [0.3, 0.4) is 0 Å². The molecule has 0 spiro atoms. The Bertz CT molecular complexity index is 406. The second-order valence-electron chi connectivity index (χ2n) is 4.02. The van der Waals surface area contributed by atoms with Crippen LogP contribution in [0.2, 0.25) is 0 Å². The summed E-state index contributed by atoms with van der Waals surface area (Å²) < 4.78 is 22.2. The van der Waals surface area contributed by atoms with E-state index in [4.69, 9.17) is 9.26 Å². The van der Waals surface area contributed by atoms with Gasteiger partial charge in [-0.25, -0.2) is 0 Å². The fourth-order valence-electron chi connectivity index (χ4n) is 1.56. The summed E-state index contributed by atoms with van der Waals surface area (Å²) in [4.78, 5) is 9.64. The molecule has 0 saturated carbocycles. The van der Waals surface area contributed by atoms with Crippen molar-refractivity contribution in [1.82, 2.24) is 0 Å². The summed E-state index contributed by atoms with van der Waals surface area (Å²) in [6.07, 6.45) is 2.01. The van der Waals surface area contributed by atoms with Crippen LogP contribution in [0.5, 0.6) is 5.75 Å². The summed E-state index contributed by atoms with van der Waals surface area (Å²) in [6, 6.07) is 7.29. The van der Waals surface area contributed by atoms with Crippen molar-refractivity contribution in [3.05, 3.63) is 29.8 Å². The van der Waals surface area contributed by atoms with E-state index in [1.165, 1.54) is 0 Å². The van der Waals surface area contributed by atoms with E-state index in [9.17, 15) is 9.46 Å². The second-order valence-corrected chi connectivity index (χ2v) is 5.87. The SMILES string of the molecule is CCCCOc1ccccc1CP(=O)(O)OCC. The molecule has 0 radical (unpaired) electrons. The van der Waals surface area contributed by atoms with Crippen molar-refractivity contribution in [2.45, 2.75) is 32.9 Å². The minimum absolute atomic E-state index is 0.0108. The van der Waals surface area contributed by atoms with Gasteiger partial charge in [0.2, 0.25) is 0 Å². The van der Waals surface area contributed by atoms with Gasteiger partial charge in [0.05, 0.1) is 19.4 Å². The molecule has 1 unspecified atom stereocenters. The predicted octanol–water partition coefficient (Wildman–Crippen LogP) is 3.59. The molecule has 0 fully saturated rings. The molecule has 1 rings (SSSR count). The average Bonchev–Trinajstić information content (AvgIpc) is 2.31. The van der Waals surface area contributed by atoms with Gasteiger partial charge in [-0.1, -0.05) is 31.5 Å². The van der Waals surface area contributed by atoms with Crippen molar-refractivity contribution >= 4 is 7.60 Å². The van der Waals surface area contributed by atoms with Crippen LogP contribution >= 0.6 is 7.60 Å². The van der Waals surface area contributed by atoms with E-state index >= 15 is 0 Å². The number of unbranched alkanes of at least 4 members (excludes halogenated alkanes) is 1. The standard InChI is InChI=1S/C13H21O4P/c1-3-5-10-16-13-9-7-6-8-12(13)11-18(14,15)17-4-2/h6-9H,3-5,10-11H2,1-2H3,(H,14,15). The van der Waals surface area contributed by atoms with Gasteiger partial charge in [0.1, 0.15) is 5.75 Å². The quantitative estimate of drug-likeness (QED) is 0.580. The molecule has 0 aliphatic rings. The Hall–Kier alpha value is -0.830. The third kappa shape index (κ3) is 5.21. The molecule has 0 aliphatic carbocycles. The van der Waals surface area contributed by atoms with Gasteiger partial charge < -0.3 is 14.2 Å². The lowest BCUT2D eigenvalue weighted by Crippen LogP contribution is -2.01. The van der Waals surface area contributed by atoms with Crippen molar-refractivity contribution in [1.29, 1.82) is 0 Å². The first kappa shape index (κ1) is 15.2. The molecule has 0 aliphatic heterocycles. The van der Waals surface area contributed by atoms with Gasteiger partial charge in [-0.3, -0.25) is 4.57 Å². The van der Waals surface area contributed by atoms with Gasteiger partial charge in [-0.2, -0.15) is 0 Å². The van der Waals surface area contributed by atoms with Crippen molar-refractivity contribution in [2.24, 2.45) is 0 Å². The number of rotatable bonds is 8. The van der Waals surface area contributed by atoms with Gasteiger partial charge in [-0.15, -0.1) is 0 Å². The monoisotopic (exact) mass is 272 g/mol. The van der Waals surface area contributed by atoms with Crippen molar-refractivity contribution in [3.63, 3.8) is 0 Å². The number of hydrogen-bond donors (Lipinski definition) is 1. The first-order chi connectivity index (χ1) is 8.59. The first-order valence-electron chi connectivity index (χ1n) is 6.26. The summed E-state index contributed by atoms with van der Waals surface area (Å²) in [5, 5.41) is 0. The minimum Gasteiger partial charge on any atom is -0.493 e. The Balaban J connectivity index is 2.72. The Morgan fingerprint density at radius 2 is 2.00 bits per heavy atom. The topological polar surface area (TPSA) is 55.8 Å². The van der Waals surface area contributed by atoms with E-state index in [0.29, 0.717) is 17.9 Å². The lowest BCUT2D eigenvalue weighted by Gasteiger charge is -2.14. The van der Waals surface area contributed by atoms with Crippen LogP contribution < -0.4 is 4.74 Å². The Kier molecular flexibility index (Phi) is 6.41. The van der Waals surface area contributed by atoms with Crippen molar-refractivity contribution in [2.75, 3.05) is 13.2 Å². The maximum atomic E-state index is 11.7. The fourth-order valence-corrected chi connectivity index (χ4v) is 2.75. The Morgan fingerprint density at radius 1 is 1.28 bits per heavy atom. The normalized spacial score (nSPS) is 14.2. The molecule has 0 aromatic heterocycles. The Morgan fingerprint density at radius 3 is 2.67 bits per heavy atom. The number of benzene rings is 1. The van der Waals surface area contributed by atoms with Crippen LogP contribution in [0.1, 0.15) is 32.3 Å². The first-order valence-corrected chi connectivity index (χ1v) is 8.02. The van der Waals surface area contributed by atoms with Gasteiger partial charge >= 0.3 is 7.60 Å². The van der Waals surface area contributed by atoms with E-state index in [0.717, 1.165) is 12.8 Å². The van der Waals surface area contributed by atoms with Crippen LogP contribution in [0.15, 0.2) is 24.3 Å². The zero-order valence-corrected chi connectivity index (χ0v) is 11.9. The molecule has 5 heteroatoms. The van der Waals surface area contributed by atoms with E-state index in [1.807, 2.05) is 18.2 Å². The van der Waals surface area contributed by atoms with E-state index in [-0.39, 0.29) is 12.8 Å². The lowest BCUT2D eigenvalue weighted by atomic mass is 10.2. The maximum absolute atomic E-state index is 11.7. The van der Waals surface area contributed by atoms with E-state index in [2.05, 4.69) is 6.92 Å². The highest BCUT2D eigenvalue weighted by Gasteiger charge is 2.21. The van der Waals surface area contributed by atoms with Gasteiger partial charge in [-0.05, 0) is 19.4 Å². The summed E-state index contributed by atoms with van der Waals surface area (Å²) in [5.74, 6) is 0.667. The molecule has 1 atom stereocenters. The van der Waals surface area contributed by atoms with Crippen LogP contribution in [0, 0.1) is 0 Å². The summed E-state index contributed by atoms with van der Waals surface area (Å²) >= 11 is 0. The molecule has 0 heterocycles. The Labute approximate surface area is 108 Å². The highest BCUT2D eigenvalue weighted by Crippen LogP contribution is 2.47. The van der Waals surface area contributed by atoms with Crippen LogP contribution in [0.4, 0.5) is 0 Å². The molecule has 4 nitrogen and oxygen atoms in total. The lowest BCUT2D eigenvalue weighted by molar-refractivity contribution is 0.270. The molecule has 1 aromatic carbocycles. The zero-order valence-electron chi connectivity index (χ0n) is 11.0. The molecule has 0 amide bonds. The molecule has 0 bridgehead atoms.